The van der Waals surface area contributed by atoms with Crippen LogP contribution in [0.1, 0.15) is 12.5 Å². The summed E-state index contributed by atoms with van der Waals surface area (Å²) in [5.41, 5.74) is 1.42. The molecule has 19 heavy (non-hydrogen) atoms. The van der Waals surface area contributed by atoms with Crippen molar-refractivity contribution in [2.24, 2.45) is 5.92 Å². The third-order valence-electron chi connectivity index (χ3n) is 2.59. The smallest absolute Gasteiger partial charge is 0.308 e. The molecule has 0 bridgehead atoms. The van der Waals surface area contributed by atoms with Crippen LogP contribution < -0.4 is 5.32 Å². The minimum atomic E-state index is -0.931. The lowest BCUT2D eigenvalue weighted by Gasteiger charge is -2.09. The molecule has 0 aromatic heterocycles. The lowest BCUT2D eigenvalue weighted by atomic mass is 10.1. The van der Waals surface area contributed by atoms with E-state index in [0.29, 0.717) is 11.3 Å². The molecule has 0 aliphatic carbocycles. The third-order valence-corrected chi connectivity index (χ3v) is 2.93. The maximum Gasteiger partial charge on any atom is 0.308 e. The van der Waals surface area contributed by atoms with Crippen molar-refractivity contribution in [1.82, 2.24) is 5.32 Å². The fraction of sp³-hybridized carbons (Fsp3) is 0.286. The highest BCUT2D eigenvalue weighted by molar-refractivity contribution is 7.80. The van der Waals surface area contributed by atoms with E-state index in [1.54, 1.807) is 13.0 Å². The molecule has 2 N–H and O–H groups in total. The number of carboxylic acids is 1. The number of benzene rings is 1. The predicted octanol–water partition coefficient (Wildman–Crippen LogP) is 1.84. The Labute approximate surface area is 117 Å². The molecule has 102 valence electrons. The number of hydrogen-bond donors (Lipinski definition) is 3. The first-order chi connectivity index (χ1) is 9.04. The van der Waals surface area contributed by atoms with Crippen molar-refractivity contribution in [3.8, 4) is 0 Å². The Morgan fingerprint density at radius 3 is 2.53 bits per heavy atom. The van der Waals surface area contributed by atoms with Crippen molar-refractivity contribution in [1.29, 1.82) is 0 Å². The normalized spacial score (nSPS) is 12.8. The van der Waals surface area contributed by atoms with E-state index in [2.05, 4.69) is 17.9 Å². The molecule has 1 amide bonds. The quantitative estimate of drug-likeness (QED) is 0.550. The fourth-order valence-electron chi connectivity index (χ4n) is 1.38. The molecule has 1 unspecified atom stereocenters. The number of rotatable bonds is 6. The molecule has 1 aromatic rings. The van der Waals surface area contributed by atoms with Gasteiger partial charge in [0.15, 0.2) is 0 Å². The Hall–Kier alpha value is -1.75. The Morgan fingerprint density at radius 2 is 2.00 bits per heavy atom. The van der Waals surface area contributed by atoms with Crippen molar-refractivity contribution in [2.45, 2.75) is 6.92 Å². The van der Waals surface area contributed by atoms with E-state index < -0.39 is 11.9 Å². The summed E-state index contributed by atoms with van der Waals surface area (Å²) in [6.07, 6.45) is 1.74. The van der Waals surface area contributed by atoms with Gasteiger partial charge < -0.3 is 10.4 Å². The molecule has 5 heteroatoms. The van der Waals surface area contributed by atoms with E-state index in [4.69, 9.17) is 5.11 Å². The first kappa shape index (κ1) is 15.3. The first-order valence-electron chi connectivity index (χ1n) is 5.92. The summed E-state index contributed by atoms with van der Waals surface area (Å²) in [5, 5.41) is 11.3. The van der Waals surface area contributed by atoms with Gasteiger partial charge in [0.1, 0.15) is 0 Å². The van der Waals surface area contributed by atoms with Gasteiger partial charge in [-0.1, -0.05) is 37.3 Å². The molecule has 0 aliphatic heterocycles. The Balaban J connectivity index is 2.67. The van der Waals surface area contributed by atoms with Crippen molar-refractivity contribution in [3.05, 3.63) is 41.5 Å². The number of hydrogen-bond acceptors (Lipinski definition) is 3. The SMILES string of the molecule is CC(CNC(=O)C(=Cc1ccccc1)CS)C(=O)O. The number of carboxylic acid groups (broad SMARTS) is 1. The van der Waals surface area contributed by atoms with E-state index in [1.165, 1.54) is 0 Å². The van der Waals surface area contributed by atoms with Crippen LogP contribution in [-0.2, 0) is 9.59 Å². The van der Waals surface area contributed by atoms with Crippen LogP contribution in [0.4, 0.5) is 0 Å². The van der Waals surface area contributed by atoms with Crippen LogP contribution in [-0.4, -0.2) is 29.3 Å². The summed E-state index contributed by atoms with van der Waals surface area (Å²) in [6.45, 7) is 1.65. The second kappa shape index (κ2) is 7.63. The second-order valence-corrected chi connectivity index (χ2v) is 4.50. The second-order valence-electron chi connectivity index (χ2n) is 4.19. The molecule has 0 radical (unpaired) electrons. The number of thiol groups is 1. The van der Waals surface area contributed by atoms with Gasteiger partial charge in [-0.05, 0) is 11.6 Å². The zero-order valence-electron chi connectivity index (χ0n) is 10.7. The highest BCUT2D eigenvalue weighted by atomic mass is 32.1. The highest BCUT2D eigenvalue weighted by Crippen LogP contribution is 2.08. The molecule has 1 atom stereocenters. The van der Waals surface area contributed by atoms with Gasteiger partial charge in [-0.25, -0.2) is 0 Å². The van der Waals surface area contributed by atoms with Crippen LogP contribution in [0, 0.1) is 5.92 Å². The predicted molar refractivity (Wildman–Crippen MR) is 78.1 cm³/mol. The maximum atomic E-state index is 11.9. The lowest BCUT2D eigenvalue weighted by Crippen LogP contribution is -2.32. The standard InChI is InChI=1S/C14H17NO3S/c1-10(14(17)18)8-15-13(16)12(9-19)7-11-5-3-2-4-6-11/h2-7,10,19H,8-9H2,1H3,(H,15,16)(H,17,18). The van der Waals surface area contributed by atoms with E-state index in [0.717, 1.165) is 5.56 Å². The van der Waals surface area contributed by atoms with Gasteiger partial charge in [0, 0.05) is 17.9 Å². The molecule has 0 fully saturated rings. The van der Waals surface area contributed by atoms with Crippen molar-refractivity contribution >= 4 is 30.6 Å². The minimum absolute atomic E-state index is 0.105. The van der Waals surface area contributed by atoms with Gasteiger partial charge in [0.25, 0.3) is 0 Å². The van der Waals surface area contributed by atoms with Gasteiger partial charge >= 0.3 is 5.97 Å². The monoisotopic (exact) mass is 279 g/mol. The molecule has 0 saturated carbocycles. The van der Waals surface area contributed by atoms with Gasteiger partial charge in [-0.3, -0.25) is 9.59 Å². The van der Waals surface area contributed by atoms with Crippen LogP contribution in [0.2, 0.25) is 0 Å². The highest BCUT2D eigenvalue weighted by Gasteiger charge is 2.14. The zero-order valence-corrected chi connectivity index (χ0v) is 11.6. The third kappa shape index (κ3) is 5.18. The molecule has 0 spiro atoms. The number of nitrogens with one attached hydrogen (secondary N) is 1. The molecule has 1 aromatic carbocycles. The van der Waals surface area contributed by atoms with Crippen molar-refractivity contribution < 1.29 is 14.7 Å². The number of aliphatic carboxylic acids is 1. The maximum absolute atomic E-state index is 11.9. The fourth-order valence-corrected chi connectivity index (χ4v) is 1.61. The van der Waals surface area contributed by atoms with E-state index in [-0.39, 0.29) is 12.5 Å². The summed E-state index contributed by atoms with van der Waals surface area (Å²) in [4.78, 5) is 22.5. The number of amides is 1. The average Bonchev–Trinajstić information content (AvgIpc) is 2.42. The number of carbonyl (C=O) groups excluding carboxylic acids is 1. The van der Waals surface area contributed by atoms with E-state index >= 15 is 0 Å². The minimum Gasteiger partial charge on any atom is -0.481 e. The summed E-state index contributed by atoms with van der Waals surface area (Å²) in [5.74, 6) is -1.53. The first-order valence-corrected chi connectivity index (χ1v) is 6.55. The summed E-state index contributed by atoms with van der Waals surface area (Å²) in [7, 11) is 0. The Kier molecular flexibility index (Phi) is 6.15. The summed E-state index contributed by atoms with van der Waals surface area (Å²) >= 11 is 4.12. The van der Waals surface area contributed by atoms with Gasteiger partial charge in [0.05, 0.1) is 5.92 Å². The molecule has 0 saturated heterocycles. The summed E-state index contributed by atoms with van der Waals surface area (Å²) in [6, 6.07) is 9.43. The average molecular weight is 279 g/mol. The lowest BCUT2D eigenvalue weighted by molar-refractivity contribution is -0.141. The molecule has 0 heterocycles. The van der Waals surface area contributed by atoms with Crippen LogP contribution in [0.15, 0.2) is 35.9 Å². The largest absolute Gasteiger partial charge is 0.481 e. The zero-order chi connectivity index (χ0) is 14.3. The molecular formula is C14H17NO3S. The van der Waals surface area contributed by atoms with Crippen LogP contribution in [0.3, 0.4) is 0 Å². The van der Waals surface area contributed by atoms with Gasteiger partial charge in [0.2, 0.25) is 5.91 Å². The van der Waals surface area contributed by atoms with Crippen molar-refractivity contribution in [3.63, 3.8) is 0 Å². The van der Waals surface area contributed by atoms with Crippen LogP contribution in [0.25, 0.3) is 6.08 Å². The van der Waals surface area contributed by atoms with Crippen LogP contribution in [0.5, 0.6) is 0 Å². The number of carbonyl (C=O) groups is 2. The molecule has 1 rings (SSSR count). The van der Waals surface area contributed by atoms with Gasteiger partial charge in [-0.2, -0.15) is 12.6 Å². The van der Waals surface area contributed by atoms with Crippen LogP contribution >= 0.6 is 12.6 Å². The Morgan fingerprint density at radius 1 is 1.37 bits per heavy atom. The van der Waals surface area contributed by atoms with E-state index in [1.807, 2.05) is 30.3 Å². The molecule has 4 nitrogen and oxygen atoms in total. The molecule has 0 aliphatic rings. The topological polar surface area (TPSA) is 66.4 Å². The van der Waals surface area contributed by atoms with E-state index in [9.17, 15) is 9.59 Å². The van der Waals surface area contributed by atoms with Gasteiger partial charge in [-0.15, -0.1) is 0 Å². The summed E-state index contributed by atoms with van der Waals surface area (Å²) < 4.78 is 0. The Bertz CT molecular complexity index is 471. The van der Waals surface area contributed by atoms with Crippen molar-refractivity contribution in [2.75, 3.05) is 12.3 Å². The molecular weight excluding hydrogens is 262 g/mol.